The van der Waals surface area contributed by atoms with E-state index in [4.69, 9.17) is 5.73 Å². The molecule has 1 amide bonds. The Morgan fingerprint density at radius 3 is 1.64 bits per heavy atom. The average Bonchev–Trinajstić information content (AvgIpc) is 1.54. The van der Waals surface area contributed by atoms with E-state index in [1.807, 2.05) is 34.6 Å². The largest absolute Gasteiger partial charge is 0.369 e. The molecule has 2 N–H and O–H groups in total. The highest BCUT2D eigenvalue weighted by Gasteiger charge is 2.31. The number of primary amides is 1. The standard InChI is InChI=1S/C9H19NO/c1-6(2)7(8(10)11)9(3,4)5/h6-7H,1-5H3,(H2,10,11)/t7-/m1/s1. The minimum absolute atomic E-state index is 0.0139. The van der Waals surface area contributed by atoms with Crippen molar-refractivity contribution in [3.63, 3.8) is 0 Å². The SMILES string of the molecule is CC(C)[C@H](C(N)=O)C(C)(C)C. The van der Waals surface area contributed by atoms with Crippen molar-refractivity contribution in [3.8, 4) is 0 Å². The summed E-state index contributed by atoms with van der Waals surface area (Å²) < 4.78 is 0. The van der Waals surface area contributed by atoms with E-state index < -0.39 is 0 Å². The van der Waals surface area contributed by atoms with Gasteiger partial charge in [-0.1, -0.05) is 34.6 Å². The van der Waals surface area contributed by atoms with Crippen molar-refractivity contribution >= 4 is 5.91 Å². The van der Waals surface area contributed by atoms with Crippen molar-refractivity contribution in [2.75, 3.05) is 0 Å². The van der Waals surface area contributed by atoms with Crippen LogP contribution in [0.15, 0.2) is 0 Å². The molecule has 2 heteroatoms. The molecule has 0 spiro atoms. The Bertz CT molecular complexity index is 144. The molecular formula is C9H19NO. The van der Waals surface area contributed by atoms with Crippen molar-refractivity contribution in [1.82, 2.24) is 0 Å². The fourth-order valence-corrected chi connectivity index (χ4v) is 1.76. The number of carbonyl (C=O) groups is 1. The van der Waals surface area contributed by atoms with Crippen LogP contribution in [0.3, 0.4) is 0 Å². The van der Waals surface area contributed by atoms with Crippen LogP contribution >= 0.6 is 0 Å². The molecule has 0 aromatic heterocycles. The Kier molecular flexibility index (Phi) is 3.09. The van der Waals surface area contributed by atoms with Gasteiger partial charge < -0.3 is 5.73 Å². The maximum absolute atomic E-state index is 11.0. The smallest absolute Gasteiger partial charge is 0.221 e. The van der Waals surface area contributed by atoms with Gasteiger partial charge in [-0.2, -0.15) is 0 Å². The first-order chi connectivity index (χ1) is 4.76. The van der Waals surface area contributed by atoms with E-state index in [0.717, 1.165) is 0 Å². The summed E-state index contributed by atoms with van der Waals surface area (Å²) in [6.07, 6.45) is 0. The molecule has 0 aromatic rings. The van der Waals surface area contributed by atoms with Crippen molar-refractivity contribution in [2.45, 2.75) is 34.6 Å². The van der Waals surface area contributed by atoms with Crippen molar-refractivity contribution in [2.24, 2.45) is 23.0 Å². The summed E-state index contributed by atoms with van der Waals surface area (Å²) in [6, 6.07) is 0. The normalized spacial score (nSPS) is 15.1. The Morgan fingerprint density at radius 1 is 1.27 bits per heavy atom. The van der Waals surface area contributed by atoms with Gasteiger partial charge in [-0.3, -0.25) is 4.79 Å². The molecule has 0 unspecified atom stereocenters. The fraction of sp³-hybridized carbons (Fsp3) is 0.889. The van der Waals surface area contributed by atoms with E-state index in [2.05, 4.69) is 0 Å². The molecule has 0 rings (SSSR count). The van der Waals surface area contributed by atoms with Crippen molar-refractivity contribution < 1.29 is 4.79 Å². The number of amides is 1. The zero-order chi connectivity index (χ0) is 9.23. The van der Waals surface area contributed by atoms with Gasteiger partial charge in [0.1, 0.15) is 0 Å². The van der Waals surface area contributed by atoms with Gasteiger partial charge in [-0.05, 0) is 11.3 Å². The number of rotatable bonds is 2. The van der Waals surface area contributed by atoms with Crippen LogP contribution < -0.4 is 5.73 Å². The molecule has 0 aliphatic carbocycles. The fourth-order valence-electron chi connectivity index (χ4n) is 1.76. The van der Waals surface area contributed by atoms with Gasteiger partial charge in [-0.15, -0.1) is 0 Å². The molecule has 1 atom stereocenters. The van der Waals surface area contributed by atoms with Gasteiger partial charge in [0.2, 0.25) is 5.91 Å². The summed E-state index contributed by atoms with van der Waals surface area (Å²) in [5.74, 6) is 0.113. The second kappa shape index (κ2) is 3.24. The summed E-state index contributed by atoms with van der Waals surface area (Å²) in [7, 11) is 0. The third kappa shape index (κ3) is 2.91. The molecule has 0 bridgehead atoms. The molecule has 0 aliphatic heterocycles. The first kappa shape index (κ1) is 10.5. The summed E-state index contributed by atoms with van der Waals surface area (Å²) in [5.41, 5.74) is 5.27. The zero-order valence-corrected chi connectivity index (χ0v) is 8.14. The predicted octanol–water partition coefficient (Wildman–Crippen LogP) is 1.79. The van der Waals surface area contributed by atoms with E-state index in [0.29, 0.717) is 5.92 Å². The van der Waals surface area contributed by atoms with Gasteiger partial charge in [0.05, 0.1) is 0 Å². The van der Waals surface area contributed by atoms with Crippen LogP contribution in [0.5, 0.6) is 0 Å². The summed E-state index contributed by atoms with van der Waals surface area (Å²) in [5, 5.41) is 0. The molecular weight excluding hydrogens is 138 g/mol. The Hall–Kier alpha value is -0.530. The molecule has 0 fully saturated rings. The second-order valence-corrected chi connectivity index (χ2v) is 4.49. The number of nitrogens with two attached hydrogens (primary N) is 1. The van der Waals surface area contributed by atoms with Gasteiger partial charge in [-0.25, -0.2) is 0 Å². The Morgan fingerprint density at radius 2 is 1.64 bits per heavy atom. The molecule has 0 saturated carbocycles. The first-order valence-electron chi connectivity index (χ1n) is 4.06. The minimum atomic E-state index is -0.187. The first-order valence-corrected chi connectivity index (χ1v) is 4.06. The Balaban J connectivity index is 4.49. The van der Waals surface area contributed by atoms with E-state index in [9.17, 15) is 4.79 Å². The van der Waals surface area contributed by atoms with Crippen LogP contribution in [0, 0.1) is 17.3 Å². The van der Waals surface area contributed by atoms with Crippen LogP contribution in [0.1, 0.15) is 34.6 Å². The van der Waals surface area contributed by atoms with Crippen LogP contribution in [0.25, 0.3) is 0 Å². The van der Waals surface area contributed by atoms with E-state index >= 15 is 0 Å². The molecule has 0 aliphatic rings. The molecule has 2 nitrogen and oxygen atoms in total. The average molecular weight is 157 g/mol. The molecule has 0 radical (unpaired) electrons. The topological polar surface area (TPSA) is 43.1 Å². The highest BCUT2D eigenvalue weighted by atomic mass is 16.1. The summed E-state index contributed by atoms with van der Waals surface area (Å²) >= 11 is 0. The third-order valence-corrected chi connectivity index (χ3v) is 1.91. The lowest BCUT2D eigenvalue weighted by Gasteiger charge is -2.30. The van der Waals surface area contributed by atoms with E-state index in [1.54, 1.807) is 0 Å². The van der Waals surface area contributed by atoms with Crippen LogP contribution in [0.2, 0.25) is 0 Å². The molecule has 0 aromatic carbocycles. The molecule has 11 heavy (non-hydrogen) atoms. The summed E-state index contributed by atoms with van der Waals surface area (Å²) in [6.45, 7) is 10.2. The third-order valence-electron chi connectivity index (χ3n) is 1.91. The minimum Gasteiger partial charge on any atom is -0.369 e. The zero-order valence-electron chi connectivity index (χ0n) is 8.14. The van der Waals surface area contributed by atoms with E-state index in [-0.39, 0.29) is 17.2 Å². The maximum Gasteiger partial charge on any atom is 0.221 e. The van der Waals surface area contributed by atoms with Gasteiger partial charge >= 0.3 is 0 Å². The van der Waals surface area contributed by atoms with Crippen LogP contribution in [-0.4, -0.2) is 5.91 Å². The maximum atomic E-state index is 11.0. The van der Waals surface area contributed by atoms with Gasteiger partial charge in [0.15, 0.2) is 0 Å². The highest BCUT2D eigenvalue weighted by Crippen LogP contribution is 2.31. The molecule has 0 heterocycles. The van der Waals surface area contributed by atoms with Gasteiger partial charge in [0, 0.05) is 5.92 Å². The van der Waals surface area contributed by atoms with Crippen LogP contribution in [0.4, 0.5) is 0 Å². The lowest BCUT2D eigenvalue weighted by atomic mass is 9.74. The number of carbonyl (C=O) groups excluding carboxylic acids is 1. The van der Waals surface area contributed by atoms with E-state index in [1.165, 1.54) is 0 Å². The quantitative estimate of drug-likeness (QED) is 0.652. The molecule has 0 saturated heterocycles. The Labute approximate surface area is 69.2 Å². The van der Waals surface area contributed by atoms with Crippen molar-refractivity contribution in [1.29, 1.82) is 0 Å². The lowest BCUT2D eigenvalue weighted by molar-refractivity contribution is -0.126. The van der Waals surface area contributed by atoms with Crippen molar-refractivity contribution in [3.05, 3.63) is 0 Å². The predicted molar refractivity (Wildman–Crippen MR) is 47.0 cm³/mol. The second-order valence-electron chi connectivity index (χ2n) is 4.49. The monoisotopic (exact) mass is 157 g/mol. The van der Waals surface area contributed by atoms with Crippen LogP contribution in [-0.2, 0) is 4.79 Å². The lowest BCUT2D eigenvalue weighted by Crippen LogP contribution is -2.37. The summed E-state index contributed by atoms with van der Waals surface area (Å²) in [4.78, 5) is 11.0. The number of hydrogen-bond acceptors (Lipinski definition) is 1. The highest BCUT2D eigenvalue weighted by molar-refractivity contribution is 5.77. The van der Waals surface area contributed by atoms with Gasteiger partial charge in [0.25, 0.3) is 0 Å². The number of hydrogen-bond donors (Lipinski definition) is 1. The molecule has 66 valence electrons.